The molecule has 0 radical (unpaired) electrons. The molecule has 0 aliphatic rings. The molecule has 1 heterocycles. The molecule has 1 aromatic heterocycles. The predicted octanol–water partition coefficient (Wildman–Crippen LogP) is 2.61. The predicted molar refractivity (Wildman–Crippen MR) is 72.0 cm³/mol. The summed E-state index contributed by atoms with van der Waals surface area (Å²) in [4.78, 5) is 11.8. The van der Waals surface area contributed by atoms with Gasteiger partial charge in [-0.1, -0.05) is 13.8 Å². The molecule has 4 heteroatoms. The maximum absolute atomic E-state index is 11.8. The van der Waals surface area contributed by atoms with Crippen molar-refractivity contribution in [1.29, 1.82) is 0 Å². The average Bonchev–Trinajstić information content (AvgIpc) is 2.80. The summed E-state index contributed by atoms with van der Waals surface area (Å²) in [5.41, 5.74) is 5.68. The Kier molecular flexibility index (Phi) is 5.41. The third kappa shape index (κ3) is 4.92. The van der Waals surface area contributed by atoms with E-state index in [1.807, 2.05) is 19.1 Å². The van der Waals surface area contributed by atoms with E-state index < -0.39 is 0 Å². The topological polar surface area (TPSA) is 68.3 Å². The van der Waals surface area contributed by atoms with Crippen molar-refractivity contribution in [3.8, 4) is 0 Å². The highest BCUT2D eigenvalue weighted by atomic mass is 16.3. The van der Waals surface area contributed by atoms with Crippen LogP contribution in [-0.2, 0) is 4.79 Å². The lowest BCUT2D eigenvalue weighted by molar-refractivity contribution is -0.122. The summed E-state index contributed by atoms with van der Waals surface area (Å²) in [7, 11) is 0. The Balaban J connectivity index is 2.34. The van der Waals surface area contributed by atoms with Gasteiger partial charge >= 0.3 is 0 Å². The smallest absolute Gasteiger partial charge is 0.220 e. The zero-order chi connectivity index (χ0) is 13.6. The number of amides is 1. The van der Waals surface area contributed by atoms with Gasteiger partial charge in [-0.2, -0.15) is 0 Å². The molecule has 0 aliphatic heterocycles. The van der Waals surface area contributed by atoms with Gasteiger partial charge in [-0.3, -0.25) is 4.79 Å². The van der Waals surface area contributed by atoms with Crippen molar-refractivity contribution in [3.05, 3.63) is 24.2 Å². The Morgan fingerprint density at radius 1 is 1.50 bits per heavy atom. The van der Waals surface area contributed by atoms with Gasteiger partial charge in [-0.05, 0) is 43.9 Å². The van der Waals surface area contributed by atoms with E-state index in [0.717, 1.165) is 18.6 Å². The maximum atomic E-state index is 11.8. The van der Waals surface area contributed by atoms with E-state index in [9.17, 15) is 4.79 Å². The van der Waals surface area contributed by atoms with Gasteiger partial charge < -0.3 is 15.5 Å². The van der Waals surface area contributed by atoms with Crippen molar-refractivity contribution >= 4 is 5.91 Å². The van der Waals surface area contributed by atoms with Gasteiger partial charge in [0.1, 0.15) is 5.76 Å². The van der Waals surface area contributed by atoms with E-state index in [1.165, 1.54) is 0 Å². The van der Waals surface area contributed by atoms with Crippen LogP contribution in [0.5, 0.6) is 0 Å². The second-order valence-corrected chi connectivity index (χ2v) is 5.51. The molecule has 1 aromatic rings. The van der Waals surface area contributed by atoms with Crippen molar-refractivity contribution in [2.75, 3.05) is 6.54 Å². The number of hydrogen-bond acceptors (Lipinski definition) is 3. The SMILES string of the molecule is CC(NC(=O)CCC(C)(C)CCN)c1ccco1. The highest BCUT2D eigenvalue weighted by Gasteiger charge is 2.19. The average molecular weight is 252 g/mol. The molecule has 1 unspecified atom stereocenters. The van der Waals surface area contributed by atoms with Crippen LogP contribution in [0.2, 0.25) is 0 Å². The molecule has 0 saturated heterocycles. The quantitative estimate of drug-likeness (QED) is 0.783. The van der Waals surface area contributed by atoms with Gasteiger partial charge in [-0.25, -0.2) is 0 Å². The molecule has 0 fully saturated rings. The standard InChI is InChI=1S/C14H24N2O2/c1-11(12-5-4-10-18-12)16-13(17)6-7-14(2,3)8-9-15/h4-5,10-11H,6-9,15H2,1-3H3,(H,16,17). The molecule has 102 valence electrons. The monoisotopic (exact) mass is 252 g/mol. The molecule has 1 atom stereocenters. The highest BCUT2D eigenvalue weighted by molar-refractivity contribution is 5.76. The highest BCUT2D eigenvalue weighted by Crippen LogP contribution is 2.26. The van der Waals surface area contributed by atoms with Crippen LogP contribution in [0, 0.1) is 5.41 Å². The number of carbonyl (C=O) groups is 1. The number of hydrogen-bond donors (Lipinski definition) is 2. The van der Waals surface area contributed by atoms with Crippen molar-refractivity contribution in [3.63, 3.8) is 0 Å². The molecule has 4 nitrogen and oxygen atoms in total. The number of carbonyl (C=O) groups excluding carboxylic acids is 1. The van der Waals surface area contributed by atoms with Crippen LogP contribution in [0.25, 0.3) is 0 Å². The number of nitrogens with one attached hydrogen (secondary N) is 1. The lowest BCUT2D eigenvalue weighted by Crippen LogP contribution is -2.28. The second-order valence-electron chi connectivity index (χ2n) is 5.51. The zero-order valence-corrected chi connectivity index (χ0v) is 11.5. The largest absolute Gasteiger partial charge is 0.467 e. The van der Waals surface area contributed by atoms with Gasteiger partial charge in [0.25, 0.3) is 0 Å². The zero-order valence-electron chi connectivity index (χ0n) is 11.5. The fourth-order valence-corrected chi connectivity index (χ4v) is 1.89. The van der Waals surface area contributed by atoms with Gasteiger partial charge in [0.15, 0.2) is 0 Å². The van der Waals surface area contributed by atoms with Crippen LogP contribution in [-0.4, -0.2) is 12.5 Å². The van der Waals surface area contributed by atoms with E-state index in [0.29, 0.717) is 13.0 Å². The fraction of sp³-hybridized carbons (Fsp3) is 0.643. The lowest BCUT2D eigenvalue weighted by Gasteiger charge is -2.23. The molecule has 18 heavy (non-hydrogen) atoms. The summed E-state index contributed by atoms with van der Waals surface area (Å²) in [6.45, 7) is 6.87. The van der Waals surface area contributed by atoms with E-state index in [-0.39, 0.29) is 17.4 Å². The summed E-state index contributed by atoms with van der Waals surface area (Å²) >= 11 is 0. The molecule has 1 amide bonds. The molecular weight excluding hydrogens is 228 g/mol. The first-order valence-electron chi connectivity index (χ1n) is 6.47. The Bertz CT molecular complexity index is 358. The Labute approximate surface area is 109 Å². The van der Waals surface area contributed by atoms with Crippen molar-refractivity contribution in [2.24, 2.45) is 11.1 Å². The Morgan fingerprint density at radius 3 is 2.78 bits per heavy atom. The minimum absolute atomic E-state index is 0.0593. The van der Waals surface area contributed by atoms with Crippen molar-refractivity contribution < 1.29 is 9.21 Å². The van der Waals surface area contributed by atoms with Crippen LogP contribution < -0.4 is 11.1 Å². The van der Waals surface area contributed by atoms with Crippen LogP contribution in [0.1, 0.15) is 51.8 Å². The Morgan fingerprint density at radius 2 is 2.22 bits per heavy atom. The minimum Gasteiger partial charge on any atom is -0.467 e. The van der Waals surface area contributed by atoms with E-state index in [2.05, 4.69) is 19.2 Å². The fourth-order valence-electron chi connectivity index (χ4n) is 1.89. The summed E-state index contributed by atoms with van der Waals surface area (Å²) in [5.74, 6) is 0.841. The van der Waals surface area contributed by atoms with Crippen molar-refractivity contribution in [1.82, 2.24) is 5.32 Å². The second kappa shape index (κ2) is 6.59. The lowest BCUT2D eigenvalue weighted by atomic mass is 9.84. The normalized spacial score (nSPS) is 13.3. The van der Waals surface area contributed by atoms with Gasteiger partial charge in [0, 0.05) is 6.42 Å². The van der Waals surface area contributed by atoms with Gasteiger partial charge in [0.05, 0.1) is 12.3 Å². The molecular formula is C14H24N2O2. The van der Waals surface area contributed by atoms with Crippen molar-refractivity contribution in [2.45, 2.75) is 46.1 Å². The van der Waals surface area contributed by atoms with Gasteiger partial charge in [-0.15, -0.1) is 0 Å². The maximum Gasteiger partial charge on any atom is 0.220 e. The molecule has 0 spiro atoms. The summed E-state index contributed by atoms with van der Waals surface area (Å²) in [6.07, 6.45) is 3.93. The third-order valence-corrected chi connectivity index (χ3v) is 3.20. The van der Waals surface area contributed by atoms with E-state index in [4.69, 9.17) is 10.2 Å². The van der Waals surface area contributed by atoms with Crippen LogP contribution in [0.4, 0.5) is 0 Å². The van der Waals surface area contributed by atoms with Gasteiger partial charge in [0.2, 0.25) is 5.91 Å². The van der Waals surface area contributed by atoms with Crippen LogP contribution in [0.15, 0.2) is 22.8 Å². The summed E-state index contributed by atoms with van der Waals surface area (Å²) in [5, 5.41) is 2.93. The molecule has 0 saturated carbocycles. The Hall–Kier alpha value is -1.29. The van der Waals surface area contributed by atoms with Crippen LogP contribution in [0.3, 0.4) is 0 Å². The third-order valence-electron chi connectivity index (χ3n) is 3.20. The molecule has 0 aromatic carbocycles. The van der Waals surface area contributed by atoms with Crippen LogP contribution >= 0.6 is 0 Å². The number of nitrogens with two attached hydrogens (primary N) is 1. The first kappa shape index (κ1) is 14.8. The summed E-state index contributed by atoms with van der Waals surface area (Å²) in [6, 6.07) is 3.61. The van der Waals surface area contributed by atoms with E-state index in [1.54, 1.807) is 6.26 Å². The number of furan rings is 1. The number of rotatable bonds is 7. The molecule has 0 aliphatic carbocycles. The van der Waals surface area contributed by atoms with E-state index >= 15 is 0 Å². The molecule has 3 N–H and O–H groups in total. The molecule has 0 bridgehead atoms. The molecule has 1 rings (SSSR count). The minimum atomic E-state index is -0.0786. The summed E-state index contributed by atoms with van der Waals surface area (Å²) < 4.78 is 5.25. The first-order valence-corrected chi connectivity index (χ1v) is 6.47. The first-order chi connectivity index (χ1) is 8.44.